The van der Waals surface area contributed by atoms with Crippen molar-refractivity contribution in [2.45, 2.75) is 12.5 Å². The molecule has 1 saturated carbocycles. The number of nitrogens with zero attached hydrogens (tertiary/aromatic N) is 1. The van der Waals surface area contributed by atoms with E-state index < -0.39 is 5.91 Å². The molecule has 2 unspecified atom stereocenters. The van der Waals surface area contributed by atoms with Gasteiger partial charge in [-0.1, -0.05) is 0 Å². The SMILES string of the molecule is COc1cc2c(OCC3NC(=O)C4C[C@H]34)nccc2cc1C(N)=O. The summed E-state index contributed by atoms with van der Waals surface area (Å²) in [6, 6.07) is 5.18. The number of nitrogens with one attached hydrogen (secondary N) is 1. The van der Waals surface area contributed by atoms with Crippen LogP contribution in [0.3, 0.4) is 0 Å². The number of primary amides is 1. The van der Waals surface area contributed by atoms with Gasteiger partial charge in [0.1, 0.15) is 12.4 Å². The molecule has 2 fully saturated rings. The summed E-state index contributed by atoms with van der Waals surface area (Å²) in [5.74, 6) is 0.930. The molecule has 24 heavy (non-hydrogen) atoms. The summed E-state index contributed by atoms with van der Waals surface area (Å²) < 4.78 is 11.1. The molecule has 3 N–H and O–H groups in total. The smallest absolute Gasteiger partial charge is 0.252 e. The minimum absolute atomic E-state index is 0.0337. The normalized spacial score (nSPS) is 24.4. The molecular formula is C17H17N3O4. The van der Waals surface area contributed by atoms with Crippen LogP contribution >= 0.6 is 0 Å². The van der Waals surface area contributed by atoms with E-state index in [0.29, 0.717) is 29.7 Å². The number of pyridine rings is 1. The van der Waals surface area contributed by atoms with Crippen LogP contribution in [0, 0.1) is 11.8 Å². The number of benzene rings is 1. The highest BCUT2D eigenvalue weighted by atomic mass is 16.5. The molecule has 2 heterocycles. The number of ether oxygens (including phenoxy) is 2. The van der Waals surface area contributed by atoms with Gasteiger partial charge < -0.3 is 20.5 Å². The number of nitrogens with two attached hydrogens (primary N) is 1. The first-order valence-electron chi connectivity index (χ1n) is 7.78. The fourth-order valence-electron chi connectivity index (χ4n) is 3.34. The van der Waals surface area contributed by atoms with Gasteiger partial charge in [0.2, 0.25) is 11.8 Å². The molecule has 1 aromatic heterocycles. The Labute approximate surface area is 138 Å². The largest absolute Gasteiger partial charge is 0.496 e. The van der Waals surface area contributed by atoms with Gasteiger partial charge >= 0.3 is 0 Å². The molecule has 2 amide bonds. The van der Waals surface area contributed by atoms with Crippen molar-refractivity contribution in [3.8, 4) is 11.6 Å². The predicted molar refractivity (Wildman–Crippen MR) is 85.8 cm³/mol. The van der Waals surface area contributed by atoms with Crippen LogP contribution in [-0.2, 0) is 4.79 Å². The molecule has 2 aliphatic rings. The summed E-state index contributed by atoms with van der Waals surface area (Å²) in [5, 5.41) is 4.46. The minimum atomic E-state index is -0.554. The van der Waals surface area contributed by atoms with Gasteiger partial charge in [-0.15, -0.1) is 0 Å². The van der Waals surface area contributed by atoms with Gasteiger partial charge in [0.25, 0.3) is 5.91 Å². The van der Waals surface area contributed by atoms with Gasteiger partial charge in [0.05, 0.1) is 18.7 Å². The number of hydrogen-bond acceptors (Lipinski definition) is 5. The second-order valence-corrected chi connectivity index (χ2v) is 6.19. The van der Waals surface area contributed by atoms with Crippen LogP contribution in [0.25, 0.3) is 10.8 Å². The monoisotopic (exact) mass is 327 g/mol. The Hall–Kier alpha value is -2.83. The van der Waals surface area contributed by atoms with Crippen LogP contribution < -0.4 is 20.5 Å². The van der Waals surface area contributed by atoms with Crippen molar-refractivity contribution in [2.24, 2.45) is 17.6 Å². The van der Waals surface area contributed by atoms with Gasteiger partial charge in [-0.3, -0.25) is 9.59 Å². The third kappa shape index (κ3) is 2.33. The number of piperidine rings is 1. The molecule has 1 aromatic carbocycles. The van der Waals surface area contributed by atoms with E-state index in [-0.39, 0.29) is 17.9 Å². The Morgan fingerprint density at radius 3 is 2.92 bits per heavy atom. The fraction of sp³-hybridized carbons (Fsp3) is 0.353. The standard InChI is InChI=1S/C17H17N3O4/c1-23-14-6-9-8(4-12(14)15(18)21)2-3-19-17(9)24-7-13-10-5-11(10)16(22)20-13/h2-4,6,10-11,13H,5,7H2,1H3,(H2,18,21)(H,20,22)/t10-,11?,13?/m0/s1. The topological polar surface area (TPSA) is 104 Å². The van der Waals surface area contributed by atoms with E-state index in [1.54, 1.807) is 24.4 Å². The van der Waals surface area contributed by atoms with E-state index in [9.17, 15) is 9.59 Å². The van der Waals surface area contributed by atoms with Crippen LogP contribution in [0.2, 0.25) is 0 Å². The van der Waals surface area contributed by atoms with Crippen LogP contribution in [0.5, 0.6) is 11.6 Å². The number of fused-ring (bicyclic) bond motifs is 2. The van der Waals surface area contributed by atoms with Crippen molar-refractivity contribution in [3.05, 3.63) is 30.0 Å². The Morgan fingerprint density at radius 1 is 1.46 bits per heavy atom. The Bertz CT molecular complexity index is 851. The zero-order valence-electron chi connectivity index (χ0n) is 13.1. The molecule has 2 aromatic rings. The van der Waals surface area contributed by atoms with Crippen molar-refractivity contribution in [2.75, 3.05) is 13.7 Å². The number of rotatable bonds is 5. The maximum absolute atomic E-state index is 11.6. The van der Waals surface area contributed by atoms with Gasteiger partial charge in [-0.2, -0.15) is 0 Å². The summed E-state index contributed by atoms with van der Waals surface area (Å²) in [7, 11) is 1.48. The lowest BCUT2D eigenvalue weighted by molar-refractivity contribution is -0.121. The number of carbonyl (C=O) groups is 2. The van der Waals surface area contributed by atoms with Crippen molar-refractivity contribution < 1.29 is 19.1 Å². The quantitative estimate of drug-likeness (QED) is 0.847. The van der Waals surface area contributed by atoms with Crippen LogP contribution in [-0.4, -0.2) is 36.6 Å². The molecule has 7 nitrogen and oxygen atoms in total. The Kier molecular flexibility index (Phi) is 3.30. The van der Waals surface area contributed by atoms with Crippen LogP contribution in [0.1, 0.15) is 16.8 Å². The summed E-state index contributed by atoms with van der Waals surface area (Å²) in [6.45, 7) is 0.374. The van der Waals surface area contributed by atoms with Crippen LogP contribution in [0.15, 0.2) is 24.4 Å². The molecule has 124 valence electrons. The molecule has 1 aliphatic heterocycles. The van der Waals surface area contributed by atoms with Gasteiger partial charge in [0.15, 0.2) is 0 Å². The maximum atomic E-state index is 11.6. The van der Waals surface area contributed by atoms with E-state index >= 15 is 0 Å². The Morgan fingerprint density at radius 2 is 2.29 bits per heavy atom. The van der Waals surface area contributed by atoms with E-state index in [0.717, 1.165) is 17.2 Å². The van der Waals surface area contributed by atoms with E-state index in [2.05, 4.69) is 10.3 Å². The third-order valence-corrected chi connectivity index (χ3v) is 4.73. The first-order valence-corrected chi connectivity index (χ1v) is 7.78. The number of carbonyl (C=O) groups excluding carboxylic acids is 2. The molecule has 1 aliphatic carbocycles. The first-order chi connectivity index (χ1) is 11.6. The van der Waals surface area contributed by atoms with Gasteiger partial charge in [-0.25, -0.2) is 4.98 Å². The van der Waals surface area contributed by atoms with Crippen molar-refractivity contribution >= 4 is 22.6 Å². The average Bonchev–Trinajstić information content (AvgIpc) is 3.32. The lowest BCUT2D eigenvalue weighted by Crippen LogP contribution is -2.35. The maximum Gasteiger partial charge on any atom is 0.252 e. The highest BCUT2D eigenvalue weighted by Gasteiger charge is 2.54. The summed E-state index contributed by atoms with van der Waals surface area (Å²) >= 11 is 0. The highest BCUT2D eigenvalue weighted by molar-refractivity contribution is 6.01. The van der Waals surface area contributed by atoms with Crippen LogP contribution in [0.4, 0.5) is 0 Å². The molecule has 7 heteroatoms. The van der Waals surface area contributed by atoms with Gasteiger partial charge in [-0.05, 0) is 35.9 Å². The van der Waals surface area contributed by atoms with E-state index in [4.69, 9.17) is 15.2 Å². The Balaban J connectivity index is 1.63. The molecule has 0 spiro atoms. The minimum Gasteiger partial charge on any atom is -0.496 e. The fourth-order valence-corrected chi connectivity index (χ4v) is 3.34. The molecule has 0 bridgehead atoms. The molecule has 0 radical (unpaired) electrons. The van der Waals surface area contributed by atoms with Crippen molar-refractivity contribution in [3.63, 3.8) is 0 Å². The molecule has 3 atom stereocenters. The van der Waals surface area contributed by atoms with E-state index in [1.807, 2.05) is 0 Å². The van der Waals surface area contributed by atoms with Gasteiger partial charge in [0, 0.05) is 17.5 Å². The zero-order chi connectivity index (χ0) is 16.8. The lowest BCUT2D eigenvalue weighted by Gasteiger charge is -2.15. The number of methoxy groups -OCH3 is 1. The number of aromatic nitrogens is 1. The first kappa shape index (κ1) is 14.7. The second-order valence-electron chi connectivity index (χ2n) is 6.19. The van der Waals surface area contributed by atoms with Crippen molar-refractivity contribution in [1.29, 1.82) is 0 Å². The number of hydrogen-bond donors (Lipinski definition) is 2. The summed E-state index contributed by atoms with van der Waals surface area (Å²) in [5.41, 5.74) is 5.70. The van der Waals surface area contributed by atoms with Crippen molar-refractivity contribution in [1.82, 2.24) is 10.3 Å². The number of amides is 2. The van der Waals surface area contributed by atoms with E-state index in [1.165, 1.54) is 7.11 Å². The molecule has 1 saturated heterocycles. The second kappa shape index (κ2) is 5.36. The summed E-state index contributed by atoms with van der Waals surface area (Å²) in [6.07, 6.45) is 2.56. The third-order valence-electron chi connectivity index (χ3n) is 4.73. The highest BCUT2D eigenvalue weighted by Crippen LogP contribution is 2.46. The lowest BCUT2D eigenvalue weighted by atomic mass is 10.1. The predicted octanol–water partition coefficient (Wildman–Crippen LogP) is 0.856. The average molecular weight is 327 g/mol. The zero-order valence-corrected chi connectivity index (χ0v) is 13.1. The summed E-state index contributed by atoms with van der Waals surface area (Å²) in [4.78, 5) is 27.4. The molecular weight excluding hydrogens is 310 g/mol. The molecule has 4 rings (SSSR count).